The van der Waals surface area contributed by atoms with Gasteiger partial charge in [0.25, 0.3) is 0 Å². The van der Waals surface area contributed by atoms with E-state index >= 15 is 0 Å². The van der Waals surface area contributed by atoms with Crippen LogP contribution < -0.4 is 0 Å². The van der Waals surface area contributed by atoms with Crippen LogP contribution in [0.4, 0.5) is 4.79 Å². The first-order valence-electron chi connectivity index (χ1n) is 9.13. The number of carbonyl (C=O) groups is 1. The molecule has 2 aromatic carbocycles. The highest BCUT2D eigenvalue weighted by Crippen LogP contribution is 2.28. The predicted molar refractivity (Wildman–Crippen MR) is 109 cm³/mol. The zero-order valence-electron chi connectivity index (χ0n) is 15.4. The smallest absolute Gasteiger partial charge is 0.426 e. The number of rotatable bonds is 10. The van der Waals surface area contributed by atoms with E-state index in [1.165, 1.54) is 0 Å². The highest BCUT2D eigenvalue weighted by molar-refractivity contribution is 6.30. The highest BCUT2D eigenvalue weighted by Gasteiger charge is 2.22. The Morgan fingerprint density at radius 3 is 1.43 bits per heavy atom. The van der Waals surface area contributed by atoms with Gasteiger partial charge in [0.05, 0.1) is 0 Å². The molecular formula is C21H24Cl2O5. The van der Waals surface area contributed by atoms with Crippen LogP contribution in [0.1, 0.15) is 49.0 Å². The fourth-order valence-corrected chi connectivity index (χ4v) is 3.01. The summed E-state index contributed by atoms with van der Waals surface area (Å²) in [5.74, 6) is 0. The molecular weight excluding hydrogens is 403 g/mol. The molecule has 0 aliphatic rings. The standard InChI is InChI=1S/C21H24Cl2O5/c22-17-9-5-15(6-10-17)19(3-1-13-24)27-21(26)28-20(4-2-14-25)16-7-11-18(23)12-8-16/h5-12,19-20,24-25H,1-4,13-14H2. The molecule has 2 rings (SSSR count). The van der Waals surface area contributed by atoms with Crippen molar-refractivity contribution in [3.05, 3.63) is 69.7 Å². The van der Waals surface area contributed by atoms with Crippen LogP contribution in [-0.2, 0) is 9.47 Å². The molecule has 0 saturated heterocycles. The number of ether oxygens (including phenoxy) is 2. The Kier molecular flexibility index (Phi) is 9.58. The quantitative estimate of drug-likeness (QED) is 0.492. The Labute approximate surface area is 174 Å². The molecule has 2 unspecified atom stereocenters. The molecule has 5 nitrogen and oxygen atoms in total. The van der Waals surface area contributed by atoms with Gasteiger partial charge in [0.1, 0.15) is 12.2 Å². The lowest BCUT2D eigenvalue weighted by atomic mass is 10.0. The van der Waals surface area contributed by atoms with Crippen LogP contribution in [-0.4, -0.2) is 29.6 Å². The molecule has 7 heteroatoms. The summed E-state index contributed by atoms with van der Waals surface area (Å²) in [5, 5.41) is 19.4. The summed E-state index contributed by atoms with van der Waals surface area (Å²) in [5.41, 5.74) is 1.54. The third-order valence-electron chi connectivity index (χ3n) is 4.21. The lowest BCUT2D eigenvalue weighted by Crippen LogP contribution is -2.17. The zero-order valence-corrected chi connectivity index (χ0v) is 16.9. The summed E-state index contributed by atoms with van der Waals surface area (Å²) in [7, 11) is 0. The Hall–Kier alpha value is -1.79. The lowest BCUT2D eigenvalue weighted by Gasteiger charge is -2.22. The van der Waals surface area contributed by atoms with Crippen molar-refractivity contribution < 1.29 is 24.5 Å². The number of hydrogen-bond donors (Lipinski definition) is 2. The first kappa shape index (κ1) is 22.5. The van der Waals surface area contributed by atoms with Gasteiger partial charge < -0.3 is 19.7 Å². The lowest BCUT2D eigenvalue weighted by molar-refractivity contribution is -0.0103. The van der Waals surface area contributed by atoms with Crippen molar-refractivity contribution in [3.63, 3.8) is 0 Å². The zero-order chi connectivity index (χ0) is 20.4. The molecule has 0 radical (unpaired) electrons. The molecule has 2 aromatic rings. The van der Waals surface area contributed by atoms with Gasteiger partial charge in [-0.05, 0) is 61.1 Å². The van der Waals surface area contributed by atoms with E-state index in [9.17, 15) is 4.79 Å². The normalized spacial score (nSPS) is 13.0. The van der Waals surface area contributed by atoms with Crippen LogP contribution in [0, 0.1) is 0 Å². The minimum atomic E-state index is -0.809. The van der Waals surface area contributed by atoms with E-state index in [4.69, 9.17) is 42.9 Å². The fraction of sp³-hybridized carbons (Fsp3) is 0.381. The fourth-order valence-electron chi connectivity index (χ4n) is 2.76. The van der Waals surface area contributed by atoms with E-state index in [1.807, 2.05) is 0 Å². The van der Waals surface area contributed by atoms with E-state index in [1.54, 1.807) is 48.5 Å². The maximum atomic E-state index is 12.4. The van der Waals surface area contributed by atoms with Crippen molar-refractivity contribution in [2.24, 2.45) is 0 Å². The Balaban J connectivity index is 2.08. The summed E-state index contributed by atoms with van der Waals surface area (Å²) in [4.78, 5) is 12.4. The number of benzene rings is 2. The molecule has 2 N–H and O–H groups in total. The maximum absolute atomic E-state index is 12.4. The molecule has 0 amide bonds. The van der Waals surface area contributed by atoms with Crippen molar-refractivity contribution in [1.82, 2.24) is 0 Å². The molecule has 0 aliphatic heterocycles. The van der Waals surface area contributed by atoms with Crippen molar-refractivity contribution in [1.29, 1.82) is 0 Å². The third-order valence-corrected chi connectivity index (χ3v) is 4.71. The van der Waals surface area contributed by atoms with Crippen LogP contribution in [0.25, 0.3) is 0 Å². The van der Waals surface area contributed by atoms with Crippen LogP contribution in [0.5, 0.6) is 0 Å². The number of aliphatic hydroxyl groups excluding tert-OH is 2. The summed E-state index contributed by atoms with van der Waals surface area (Å²) >= 11 is 11.8. The Morgan fingerprint density at radius 2 is 1.11 bits per heavy atom. The molecule has 0 spiro atoms. The first-order valence-corrected chi connectivity index (χ1v) is 9.89. The van der Waals surface area contributed by atoms with Gasteiger partial charge in [-0.2, -0.15) is 0 Å². The topological polar surface area (TPSA) is 76.0 Å². The maximum Gasteiger partial charge on any atom is 0.509 e. The number of carbonyl (C=O) groups excluding carboxylic acids is 1. The van der Waals surface area contributed by atoms with Crippen molar-refractivity contribution >= 4 is 29.4 Å². The predicted octanol–water partition coefficient (Wildman–Crippen LogP) is 5.47. The minimum absolute atomic E-state index is 0.00754. The second-order valence-corrected chi connectivity index (χ2v) is 7.17. The summed E-state index contributed by atoms with van der Waals surface area (Å²) in [6.45, 7) is -0.0151. The van der Waals surface area contributed by atoms with Gasteiger partial charge in [-0.15, -0.1) is 0 Å². The van der Waals surface area contributed by atoms with Crippen molar-refractivity contribution in [2.45, 2.75) is 37.9 Å². The van der Waals surface area contributed by atoms with Crippen LogP contribution in [0.2, 0.25) is 10.0 Å². The van der Waals surface area contributed by atoms with E-state index < -0.39 is 18.4 Å². The minimum Gasteiger partial charge on any atom is -0.426 e. The van der Waals surface area contributed by atoms with E-state index in [-0.39, 0.29) is 13.2 Å². The Morgan fingerprint density at radius 1 is 0.750 bits per heavy atom. The van der Waals surface area contributed by atoms with Gasteiger partial charge in [-0.25, -0.2) is 4.79 Å². The van der Waals surface area contributed by atoms with Gasteiger partial charge in [-0.1, -0.05) is 47.5 Å². The SMILES string of the molecule is O=C(OC(CCCO)c1ccc(Cl)cc1)OC(CCCO)c1ccc(Cl)cc1. The van der Waals surface area contributed by atoms with Crippen LogP contribution >= 0.6 is 23.2 Å². The number of halogens is 2. The molecule has 0 aliphatic carbocycles. The van der Waals surface area contributed by atoms with Crippen molar-refractivity contribution in [3.8, 4) is 0 Å². The number of aliphatic hydroxyl groups is 2. The summed E-state index contributed by atoms with van der Waals surface area (Å²) in [6.07, 6.45) is -0.0560. The first-order chi connectivity index (χ1) is 13.5. The monoisotopic (exact) mass is 426 g/mol. The van der Waals surface area contributed by atoms with E-state index in [0.29, 0.717) is 35.7 Å². The second kappa shape index (κ2) is 11.9. The Bertz CT molecular complexity index is 657. The van der Waals surface area contributed by atoms with Crippen LogP contribution in [0.3, 0.4) is 0 Å². The van der Waals surface area contributed by atoms with Crippen molar-refractivity contribution in [2.75, 3.05) is 13.2 Å². The largest absolute Gasteiger partial charge is 0.509 e. The molecule has 28 heavy (non-hydrogen) atoms. The molecule has 2 atom stereocenters. The molecule has 152 valence electrons. The van der Waals surface area contributed by atoms with Gasteiger partial charge in [0.15, 0.2) is 0 Å². The van der Waals surface area contributed by atoms with Crippen LogP contribution in [0.15, 0.2) is 48.5 Å². The molecule has 0 fully saturated rings. The van der Waals surface area contributed by atoms with Gasteiger partial charge in [0.2, 0.25) is 0 Å². The average molecular weight is 427 g/mol. The molecule has 0 bridgehead atoms. The van der Waals surface area contributed by atoms with Gasteiger partial charge in [-0.3, -0.25) is 0 Å². The third kappa shape index (κ3) is 7.32. The van der Waals surface area contributed by atoms with E-state index in [2.05, 4.69) is 0 Å². The average Bonchev–Trinajstić information content (AvgIpc) is 2.69. The summed E-state index contributed by atoms with van der Waals surface area (Å²) < 4.78 is 11.1. The molecule has 0 heterocycles. The molecule has 0 aromatic heterocycles. The highest BCUT2D eigenvalue weighted by atomic mass is 35.5. The second-order valence-electron chi connectivity index (χ2n) is 6.30. The van der Waals surface area contributed by atoms with Gasteiger partial charge >= 0.3 is 6.16 Å². The number of hydrogen-bond acceptors (Lipinski definition) is 5. The van der Waals surface area contributed by atoms with Gasteiger partial charge in [0, 0.05) is 23.3 Å². The summed E-state index contributed by atoms with van der Waals surface area (Å²) in [6, 6.07) is 14.0. The van der Waals surface area contributed by atoms with E-state index in [0.717, 1.165) is 11.1 Å². The molecule has 0 saturated carbocycles.